The van der Waals surface area contributed by atoms with Gasteiger partial charge in [-0.05, 0) is 51.5 Å². The molecular weight excluding hydrogens is 388 g/mol. The Morgan fingerprint density at radius 1 is 1.06 bits per heavy atom. The van der Waals surface area contributed by atoms with Crippen molar-refractivity contribution >= 4 is 11.8 Å². The first kappa shape index (κ1) is 21.5. The van der Waals surface area contributed by atoms with E-state index in [9.17, 15) is 9.59 Å². The van der Waals surface area contributed by atoms with Gasteiger partial charge < -0.3 is 10.2 Å². The van der Waals surface area contributed by atoms with Crippen LogP contribution >= 0.6 is 0 Å². The van der Waals surface area contributed by atoms with Gasteiger partial charge in [-0.3, -0.25) is 9.59 Å². The van der Waals surface area contributed by atoms with Crippen molar-refractivity contribution in [1.29, 1.82) is 0 Å². The fourth-order valence-electron chi connectivity index (χ4n) is 4.34. The number of aromatic nitrogens is 2. The zero-order valence-electron chi connectivity index (χ0n) is 18.6. The third-order valence-corrected chi connectivity index (χ3v) is 6.33. The lowest BCUT2D eigenvalue weighted by molar-refractivity contribution is -0.132. The molecule has 4 rings (SSSR count). The quantitative estimate of drug-likeness (QED) is 0.746. The molecule has 2 aliphatic rings. The summed E-state index contributed by atoms with van der Waals surface area (Å²) in [4.78, 5) is 36.5. The fraction of sp³-hybridized carbons (Fsp3) is 0.520. The normalized spacial score (nSPS) is 18.6. The van der Waals surface area contributed by atoms with Crippen LogP contribution < -0.4 is 5.32 Å². The van der Waals surface area contributed by atoms with Crippen LogP contribution in [0.1, 0.15) is 66.4 Å². The number of hydrogen-bond acceptors (Lipinski definition) is 4. The molecule has 0 unspecified atom stereocenters. The van der Waals surface area contributed by atoms with E-state index < -0.39 is 0 Å². The molecule has 1 N–H and O–H groups in total. The number of nitrogens with zero attached hydrogens (tertiary/aromatic N) is 3. The van der Waals surface area contributed by atoms with Gasteiger partial charge in [0.15, 0.2) is 0 Å². The molecule has 6 heteroatoms. The molecule has 2 heterocycles. The molecule has 2 amide bonds. The molecule has 1 aromatic heterocycles. The largest absolute Gasteiger partial charge is 0.353 e. The second-order valence-corrected chi connectivity index (χ2v) is 8.91. The topological polar surface area (TPSA) is 75.2 Å². The number of benzene rings is 1. The minimum atomic E-state index is 0.0536. The van der Waals surface area contributed by atoms with E-state index in [0.29, 0.717) is 25.4 Å². The van der Waals surface area contributed by atoms with Crippen LogP contribution in [0.15, 0.2) is 30.3 Å². The summed E-state index contributed by atoms with van der Waals surface area (Å²) in [6, 6.07) is 10.5. The first-order valence-corrected chi connectivity index (χ1v) is 11.4. The summed E-state index contributed by atoms with van der Waals surface area (Å²) < 4.78 is 0. The van der Waals surface area contributed by atoms with Gasteiger partial charge in [-0.15, -0.1) is 0 Å². The van der Waals surface area contributed by atoms with Crippen LogP contribution in [0.2, 0.25) is 0 Å². The van der Waals surface area contributed by atoms with Crippen LogP contribution in [0.25, 0.3) is 0 Å². The van der Waals surface area contributed by atoms with Crippen LogP contribution in [0.5, 0.6) is 0 Å². The van der Waals surface area contributed by atoms with E-state index in [2.05, 4.69) is 17.4 Å². The Morgan fingerprint density at radius 2 is 1.77 bits per heavy atom. The summed E-state index contributed by atoms with van der Waals surface area (Å²) >= 11 is 0. The summed E-state index contributed by atoms with van der Waals surface area (Å²) in [6.45, 7) is 5.41. The number of aryl methyl sites for hydroxylation is 3. The van der Waals surface area contributed by atoms with E-state index in [4.69, 9.17) is 9.97 Å². The second kappa shape index (κ2) is 9.58. The van der Waals surface area contributed by atoms with Gasteiger partial charge in [0.25, 0.3) is 0 Å². The van der Waals surface area contributed by atoms with Crippen LogP contribution in [-0.2, 0) is 22.4 Å². The van der Waals surface area contributed by atoms with Gasteiger partial charge in [0.2, 0.25) is 11.8 Å². The minimum Gasteiger partial charge on any atom is -0.353 e. The van der Waals surface area contributed by atoms with Crippen molar-refractivity contribution in [3.05, 3.63) is 58.7 Å². The average Bonchev–Trinajstić information content (AvgIpc) is 3.59. The lowest BCUT2D eigenvalue weighted by Crippen LogP contribution is -2.39. The molecule has 1 aromatic carbocycles. The highest BCUT2D eigenvalue weighted by atomic mass is 16.2. The highest BCUT2D eigenvalue weighted by molar-refractivity contribution is 5.79. The van der Waals surface area contributed by atoms with E-state index in [0.717, 1.165) is 61.4 Å². The van der Waals surface area contributed by atoms with E-state index in [-0.39, 0.29) is 17.7 Å². The second-order valence-electron chi connectivity index (χ2n) is 8.91. The molecule has 1 aliphatic heterocycles. The Morgan fingerprint density at radius 3 is 2.45 bits per heavy atom. The molecule has 6 nitrogen and oxygen atoms in total. The number of carbonyl (C=O) groups is 2. The maximum atomic E-state index is 12.8. The minimum absolute atomic E-state index is 0.0536. The van der Waals surface area contributed by atoms with Crippen molar-refractivity contribution in [3.63, 3.8) is 0 Å². The van der Waals surface area contributed by atoms with Crippen LogP contribution in [0, 0.1) is 13.8 Å². The van der Waals surface area contributed by atoms with Crippen molar-refractivity contribution in [1.82, 2.24) is 20.2 Å². The third kappa shape index (κ3) is 5.69. The van der Waals surface area contributed by atoms with Gasteiger partial charge in [-0.25, -0.2) is 9.97 Å². The van der Waals surface area contributed by atoms with E-state index >= 15 is 0 Å². The van der Waals surface area contributed by atoms with Crippen molar-refractivity contribution < 1.29 is 9.59 Å². The van der Waals surface area contributed by atoms with E-state index in [1.807, 2.05) is 36.9 Å². The lowest BCUT2D eigenvalue weighted by atomic mass is 9.95. The maximum absolute atomic E-state index is 12.8. The monoisotopic (exact) mass is 420 g/mol. The fourth-order valence-corrected chi connectivity index (χ4v) is 4.34. The molecule has 1 atom stereocenters. The molecule has 2 fully saturated rings. The van der Waals surface area contributed by atoms with Gasteiger partial charge in [0.05, 0.1) is 6.42 Å². The number of piperidine rings is 1. The van der Waals surface area contributed by atoms with E-state index in [1.165, 1.54) is 5.56 Å². The summed E-state index contributed by atoms with van der Waals surface area (Å²) in [5.74, 6) is 1.22. The number of amides is 2. The molecule has 2 aromatic rings. The van der Waals surface area contributed by atoms with Gasteiger partial charge in [0, 0.05) is 48.4 Å². The Kier molecular flexibility index (Phi) is 6.64. The molecule has 0 radical (unpaired) electrons. The number of hydrogen-bond donors (Lipinski definition) is 1. The highest BCUT2D eigenvalue weighted by Gasteiger charge is 2.28. The van der Waals surface area contributed by atoms with Gasteiger partial charge in [0.1, 0.15) is 5.82 Å². The standard InChI is InChI=1S/C25H32N4O2/c1-17-22(15-23(30)28-21-11-12-21)18(2)27-25(26-17)20-9-6-14-29(16-20)24(31)13-10-19-7-4-3-5-8-19/h3-5,7-8,20-21H,6,9-16H2,1-2H3,(H,28,30)/t20-/m0/s1. The van der Waals surface area contributed by atoms with Crippen molar-refractivity contribution in [2.75, 3.05) is 13.1 Å². The Hall–Kier alpha value is -2.76. The molecule has 31 heavy (non-hydrogen) atoms. The van der Waals surface area contributed by atoms with Gasteiger partial charge >= 0.3 is 0 Å². The SMILES string of the molecule is Cc1nc([C@H]2CCCN(C(=O)CCc3ccccc3)C2)nc(C)c1CC(=O)NC1CC1. The van der Waals surface area contributed by atoms with Crippen LogP contribution in [0.4, 0.5) is 0 Å². The third-order valence-electron chi connectivity index (χ3n) is 6.33. The van der Waals surface area contributed by atoms with Gasteiger partial charge in [-0.2, -0.15) is 0 Å². The highest BCUT2D eigenvalue weighted by Crippen LogP contribution is 2.27. The molecule has 1 aliphatic carbocycles. The Balaban J connectivity index is 1.38. The smallest absolute Gasteiger partial charge is 0.224 e. The number of nitrogens with one attached hydrogen (secondary N) is 1. The maximum Gasteiger partial charge on any atom is 0.224 e. The zero-order chi connectivity index (χ0) is 21.8. The number of likely N-dealkylation sites (tertiary alicyclic amines) is 1. The first-order valence-electron chi connectivity index (χ1n) is 11.4. The Bertz CT molecular complexity index is 917. The zero-order valence-corrected chi connectivity index (χ0v) is 18.6. The van der Waals surface area contributed by atoms with Crippen LogP contribution in [0.3, 0.4) is 0 Å². The van der Waals surface area contributed by atoms with Gasteiger partial charge in [-0.1, -0.05) is 30.3 Å². The van der Waals surface area contributed by atoms with E-state index in [1.54, 1.807) is 0 Å². The molecule has 0 bridgehead atoms. The number of carbonyl (C=O) groups excluding carboxylic acids is 2. The molecule has 1 saturated carbocycles. The molecule has 0 spiro atoms. The Labute approximate surface area is 184 Å². The predicted molar refractivity (Wildman–Crippen MR) is 120 cm³/mol. The summed E-state index contributed by atoms with van der Waals surface area (Å²) in [6.07, 6.45) is 5.77. The van der Waals surface area contributed by atoms with Crippen molar-refractivity contribution in [2.45, 2.75) is 70.8 Å². The van der Waals surface area contributed by atoms with Crippen molar-refractivity contribution in [3.8, 4) is 0 Å². The molecule has 1 saturated heterocycles. The molecular formula is C25H32N4O2. The lowest BCUT2D eigenvalue weighted by Gasteiger charge is -2.32. The predicted octanol–water partition coefficient (Wildman–Crippen LogP) is 3.25. The molecule has 164 valence electrons. The summed E-state index contributed by atoms with van der Waals surface area (Å²) in [5.41, 5.74) is 3.87. The van der Waals surface area contributed by atoms with Crippen molar-refractivity contribution in [2.24, 2.45) is 0 Å². The summed E-state index contributed by atoms with van der Waals surface area (Å²) in [5, 5.41) is 3.04. The number of rotatable bonds is 7. The average molecular weight is 421 g/mol. The van der Waals surface area contributed by atoms with Crippen LogP contribution in [-0.4, -0.2) is 45.8 Å². The summed E-state index contributed by atoms with van der Waals surface area (Å²) in [7, 11) is 0. The first-order chi connectivity index (χ1) is 15.0.